The quantitative estimate of drug-likeness (QED) is 0.287. The SMILES string of the molecule is O=C(NC(=O)N(Cl)c1ccc(OC(F)(F)C(F)OC(F)(F)C(F)(F)F)c(Cl)c1)c1ccccc1Cl. The van der Waals surface area contributed by atoms with Crippen molar-refractivity contribution >= 4 is 52.6 Å². The lowest BCUT2D eigenvalue weighted by atomic mass is 10.2. The second kappa shape index (κ2) is 10.6. The molecule has 0 aliphatic rings. The largest absolute Gasteiger partial charge is 0.483 e. The second-order valence-corrected chi connectivity index (χ2v) is 7.40. The van der Waals surface area contributed by atoms with Gasteiger partial charge in [-0.25, -0.2) is 13.6 Å². The minimum Gasteiger partial charge on any atom is -0.427 e. The number of nitrogens with one attached hydrogen (secondary N) is 1. The Morgan fingerprint density at radius 3 is 2.09 bits per heavy atom. The van der Waals surface area contributed by atoms with Crippen LogP contribution in [0.25, 0.3) is 0 Å². The van der Waals surface area contributed by atoms with Gasteiger partial charge in [-0.15, -0.1) is 0 Å². The maximum absolute atomic E-state index is 13.7. The molecule has 2 rings (SSSR count). The molecule has 35 heavy (non-hydrogen) atoms. The van der Waals surface area contributed by atoms with Gasteiger partial charge in [0.2, 0.25) is 0 Å². The molecule has 0 aliphatic heterocycles. The van der Waals surface area contributed by atoms with Crippen LogP contribution in [0, 0.1) is 0 Å². The molecule has 0 bridgehead atoms. The average Bonchev–Trinajstić information content (AvgIpc) is 2.73. The number of rotatable bonds is 7. The highest BCUT2D eigenvalue weighted by atomic mass is 35.5. The Morgan fingerprint density at radius 1 is 0.943 bits per heavy atom. The number of carbonyl (C=O) groups is 2. The van der Waals surface area contributed by atoms with Gasteiger partial charge in [0.1, 0.15) is 5.75 Å². The van der Waals surface area contributed by atoms with Crippen LogP contribution in [-0.4, -0.2) is 36.7 Å². The third-order valence-corrected chi connectivity index (χ3v) is 4.72. The molecular weight excluding hydrogens is 567 g/mol. The van der Waals surface area contributed by atoms with E-state index in [4.69, 9.17) is 35.0 Å². The van der Waals surface area contributed by atoms with E-state index in [0.29, 0.717) is 12.1 Å². The molecule has 3 amide bonds. The summed E-state index contributed by atoms with van der Waals surface area (Å²) in [4.78, 5) is 24.3. The van der Waals surface area contributed by atoms with Crippen molar-refractivity contribution in [1.29, 1.82) is 0 Å². The first-order valence-electron chi connectivity index (χ1n) is 8.65. The minimum atomic E-state index is -6.48. The van der Waals surface area contributed by atoms with E-state index >= 15 is 0 Å². The molecule has 1 N–H and O–H groups in total. The first-order chi connectivity index (χ1) is 16.0. The Bertz CT molecular complexity index is 1100. The summed E-state index contributed by atoms with van der Waals surface area (Å²) in [6.07, 6.45) is -22.7. The number of ether oxygens (including phenoxy) is 2. The summed E-state index contributed by atoms with van der Waals surface area (Å²) < 4.78 is 109. The molecule has 6 nitrogen and oxygen atoms in total. The molecule has 0 spiro atoms. The molecule has 0 fully saturated rings. The number of amides is 3. The summed E-state index contributed by atoms with van der Waals surface area (Å²) in [5, 5.41) is 1.06. The van der Waals surface area contributed by atoms with Crippen LogP contribution >= 0.6 is 35.0 Å². The van der Waals surface area contributed by atoms with Crippen LogP contribution in [-0.2, 0) is 4.74 Å². The zero-order valence-corrected chi connectivity index (χ0v) is 18.6. The summed E-state index contributed by atoms with van der Waals surface area (Å²) in [5.41, 5.74) is -0.441. The van der Waals surface area contributed by atoms with Gasteiger partial charge in [-0.2, -0.15) is 30.7 Å². The van der Waals surface area contributed by atoms with Crippen molar-refractivity contribution in [3.05, 3.63) is 58.1 Å². The lowest BCUT2D eigenvalue weighted by Crippen LogP contribution is -2.48. The van der Waals surface area contributed by atoms with Crippen molar-refractivity contribution in [2.24, 2.45) is 0 Å². The molecule has 0 saturated carbocycles. The first-order valence-corrected chi connectivity index (χ1v) is 9.74. The van der Waals surface area contributed by atoms with Gasteiger partial charge in [0.25, 0.3) is 5.91 Å². The number of anilines is 1. The maximum Gasteiger partial charge on any atom is 0.483 e. The highest BCUT2D eigenvalue weighted by Gasteiger charge is 2.64. The Labute approximate surface area is 205 Å². The second-order valence-electron chi connectivity index (χ2n) is 6.25. The fourth-order valence-corrected chi connectivity index (χ4v) is 2.71. The van der Waals surface area contributed by atoms with E-state index in [9.17, 15) is 44.7 Å². The number of halogens is 11. The fourth-order valence-electron chi connectivity index (χ4n) is 2.13. The van der Waals surface area contributed by atoms with Crippen molar-refractivity contribution in [3.8, 4) is 5.75 Å². The van der Waals surface area contributed by atoms with Crippen molar-refractivity contribution in [1.82, 2.24) is 5.32 Å². The molecule has 0 heterocycles. The summed E-state index contributed by atoms with van der Waals surface area (Å²) in [6.45, 7) is 0. The smallest absolute Gasteiger partial charge is 0.427 e. The predicted molar refractivity (Wildman–Crippen MR) is 107 cm³/mol. The van der Waals surface area contributed by atoms with Gasteiger partial charge in [0.05, 0.1) is 21.3 Å². The zero-order valence-electron chi connectivity index (χ0n) is 16.4. The topological polar surface area (TPSA) is 67.9 Å². The van der Waals surface area contributed by atoms with Gasteiger partial charge in [0.15, 0.2) is 0 Å². The number of hydrogen-bond acceptors (Lipinski definition) is 4. The van der Waals surface area contributed by atoms with Crippen LogP contribution in [0.1, 0.15) is 10.4 Å². The molecule has 17 heteroatoms. The van der Waals surface area contributed by atoms with E-state index in [-0.39, 0.29) is 20.7 Å². The van der Waals surface area contributed by atoms with E-state index in [0.717, 1.165) is 6.07 Å². The summed E-state index contributed by atoms with van der Waals surface area (Å²) in [7, 11) is 0. The highest BCUT2D eigenvalue weighted by molar-refractivity contribution is 6.39. The monoisotopic (exact) mass is 574 g/mol. The van der Waals surface area contributed by atoms with Gasteiger partial charge in [0, 0.05) is 11.8 Å². The summed E-state index contributed by atoms with van der Waals surface area (Å²) >= 11 is 17.3. The molecular formula is C18H9Cl3F8N2O4. The van der Waals surface area contributed by atoms with Gasteiger partial charge in [-0.3, -0.25) is 14.8 Å². The number of alkyl halides is 8. The molecule has 0 aliphatic carbocycles. The summed E-state index contributed by atoms with van der Waals surface area (Å²) in [6, 6.07) is 6.40. The third-order valence-electron chi connectivity index (χ3n) is 3.75. The lowest BCUT2D eigenvalue weighted by Gasteiger charge is -2.26. The van der Waals surface area contributed by atoms with Crippen molar-refractivity contribution in [2.45, 2.75) is 24.8 Å². The molecule has 0 aromatic heterocycles. The molecule has 1 unspecified atom stereocenters. The van der Waals surface area contributed by atoms with Crippen molar-refractivity contribution < 1.29 is 54.2 Å². The van der Waals surface area contributed by atoms with Crippen LogP contribution in [0.4, 0.5) is 45.6 Å². The number of hydrogen-bond donors (Lipinski definition) is 1. The van der Waals surface area contributed by atoms with Gasteiger partial charge in [-0.1, -0.05) is 35.3 Å². The molecule has 2 aromatic carbocycles. The van der Waals surface area contributed by atoms with E-state index in [1.807, 2.05) is 5.32 Å². The number of nitrogens with zero attached hydrogens (tertiary/aromatic N) is 1. The van der Waals surface area contributed by atoms with E-state index in [1.54, 1.807) is 0 Å². The van der Waals surface area contributed by atoms with Gasteiger partial charge in [-0.05, 0) is 30.3 Å². The standard InChI is InChI=1S/C18H9Cl3F8N2O4/c19-10-4-2-1-3-9(10)13(32)30-15(33)31(21)8-5-6-12(11(20)7-8)34-16(23,24)14(22)35-18(28,29)17(25,26)27/h1-7,14H,(H,30,32,33). The molecule has 2 aromatic rings. The minimum absolute atomic E-state index is 0.00698. The molecule has 192 valence electrons. The van der Waals surface area contributed by atoms with Crippen LogP contribution in [0.2, 0.25) is 10.0 Å². The number of benzene rings is 2. The first kappa shape index (κ1) is 28.7. The van der Waals surface area contributed by atoms with Gasteiger partial charge < -0.3 is 4.74 Å². The summed E-state index contributed by atoms with van der Waals surface area (Å²) in [5.74, 6) is -2.07. The fraction of sp³-hybridized carbons (Fsp3) is 0.222. The number of imide groups is 1. The van der Waals surface area contributed by atoms with E-state index < -0.39 is 47.5 Å². The highest BCUT2D eigenvalue weighted by Crippen LogP contribution is 2.41. The average molecular weight is 576 g/mol. The third kappa shape index (κ3) is 6.99. The number of carbonyl (C=O) groups excluding carboxylic acids is 2. The molecule has 0 saturated heterocycles. The van der Waals surface area contributed by atoms with E-state index in [1.165, 1.54) is 24.3 Å². The maximum atomic E-state index is 13.7. The van der Waals surface area contributed by atoms with Crippen LogP contribution < -0.4 is 14.5 Å². The number of urea groups is 1. The Kier molecular flexibility index (Phi) is 8.69. The van der Waals surface area contributed by atoms with Crippen LogP contribution in [0.15, 0.2) is 42.5 Å². The van der Waals surface area contributed by atoms with E-state index in [2.05, 4.69) is 9.47 Å². The van der Waals surface area contributed by atoms with Crippen LogP contribution in [0.3, 0.4) is 0 Å². The Morgan fingerprint density at radius 2 is 1.54 bits per heavy atom. The zero-order chi connectivity index (χ0) is 26.8. The molecule has 1 atom stereocenters. The van der Waals surface area contributed by atoms with Crippen LogP contribution in [0.5, 0.6) is 5.75 Å². The van der Waals surface area contributed by atoms with Crippen molar-refractivity contribution in [2.75, 3.05) is 4.42 Å². The van der Waals surface area contributed by atoms with Gasteiger partial charge >= 0.3 is 30.8 Å². The lowest BCUT2D eigenvalue weighted by molar-refractivity contribution is -0.442. The normalized spacial score (nSPS) is 13.2. The Hall–Kier alpha value is -2.55. The Balaban J connectivity index is 2.12. The van der Waals surface area contributed by atoms with Crippen molar-refractivity contribution in [3.63, 3.8) is 0 Å². The molecule has 0 radical (unpaired) electrons. The predicted octanol–water partition coefficient (Wildman–Crippen LogP) is 6.94.